The van der Waals surface area contributed by atoms with Crippen LogP contribution < -0.4 is 4.72 Å². The maximum Gasteiger partial charge on any atom is 0.261 e. The molecule has 0 amide bonds. The SMILES string of the molecule is O=S(=O)(Nc1cccc(-c2nnc3n2CCCCC3)c1)c1ccccc1. The molecule has 1 N–H and O–H groups in total. The van der Waals surface area contributed by atoms with Gasteiger partial charge in [0.1, 0.15) is 5.82 Å². The van der Waals surface area contributed by atoms with Crippen molar-refractivity contribution in [2.45, 2.75) is 37.1 Å². The third kappa shape index (κ3) is 3.35. The first-order valence-electron chi connectivity index (χ1n) is 8.74. The number of anilines is 1. The van der Waals surface area contributed by atoms with Crippen molar-refractivity contribution in [1.29, 1.82) is 0 Å². The standard InChI is InChI=1S/C19H20N4O2S/c24-26(25,17-10-3-1-4-11-17)22-16-9-7-8-15(14-16)19-21-20-18-12-5-2-6-13-23(18)19/h1,3-4,7-11,14,22H,2,5-6,12-13H2. The molecule has 0 bridgehead atoms. The molecule has 3 aromatic rings. The number of hydrogen-bond donors (Lipinski definition) is 1. The highest BCUT2D eigenvalue weighted by Gasteiger charge is 2.17. The van der Waals surface area contributed by atoms with Crippen molar-refractivity contribution in [3.63, 3.8) is 0 Å². The van der Waals surface area contributed by atoms with Crippen molar-refractivity contribution < 1.29 is 8.42 Å². The Balaban J connectivity index is 1.65. The summed E-state index contributed by atoms with van der Waals surface area (Å²) in [5, 5.41) is 8.66. The Morgan fingerprint density at radius 1 is 0.923 bits per heavy atom. The molecule has 1 aliphatic heterocycles. The Labute approximate surface area is 153 Å². The first kappa shape index (κ1) is 16.8. The Kier molecular flexibility index (Phi) is 4.46. The van der Waals surface area contributed by atoms with Crippen LogP contribution in [0, 0.1) is 0 Å². The smallest absolute Gasteiger partial charge is 0.261 e. The Hall–Kier alpha value is -2.67. The predicted octanol–water partition coefficient (Wildman–Crippen LogP) is 3.47. The number of fused-ring (bicyclic) bond motifs is 1. The lowest BCUT2D eigenvalue weighted by atomic mass is 10.2. The quantitative estimate of drug-likeness (QED) is 0.765. The first-order chi connectivity index (χ1) is 12.6. The third-order valence-electron chi connectivity index (χ3n) is 4.54. The fourth-order valence-corrected chi connectivity index (χ4v) is 4.30. The van der Waals surface area contributed by atoms with Crippen molar-refractivity contribution >= 4 is 15.7 Å². The van der Waals surface area contributed by atoms with Crippen LogP contribution in [0.15, 0.2) is 59.5 Å². The molecule has 4 rings (SSSR count). The van der Waals surface area contributed by atoms with Crippen LogP contribution in [0.25, 0.3) is 11.4 Å². The van der Waals surface area contributed by atoms with Gasteiger partial charge >= 0.3 is 0 Å². The fourth-order valence-electron chi connectivity index (χ4n) is 3.23. The van der Waals surface area contributed by atoms with E-state index < -0.39 is 10.0 Å². The number of rotatable bonds is 4. The molecule has 7 heteroatoms. The largest absolute Gasteiger partial charge is 0.311 e. The second kappa shape index (κ2) is 6.92. The third-order valence-corrected chi connectivity index (χ3v) is 5.93. The van der Waals surface area contributed by atoms with Gasteiger partial charge in [0.05, 0.1) is 4.90 Å². The van der Waals surface area contributed by atoms with Crippen molar-refractivity contribution in [3.05, 3.63) is 60.4 Å². The van der Waals surface area contributed by atoms with Crippen LogP contribution in [0.5, 0.6) is 0 Å². The minimum atomic E-state index is -3.61. The number of aromatic nitrogens is 3. The van der Waals surface area contributed by atoms with Crippen molar-refractivity contribution in [2.24, 2.45) is 0 Å². The topological polar surface area (TPSA) is 76.9 Å². The molecular formula is C19H20N4O2S. The van der Waals surface area contributed by atoms with Gasteiger partial charge in [0.15, 0.2) is 5.82 Å². The van der Waals surface area contributed by atoms with Gasteiger partial charge in [-0.25, -0.2) is 8.42 Å². The van der Waals surface area contributed by atoms with Gasteiger partial charge in [-0.15, -0.1) is 10.2 Å². The summed E-state index contributed by atoms with van der Waals surface area (Å²) in [7, 11) is -3.61. The molecule has 0 fully saturated rings. The lowest BCUT2D eigenvalue weighted by Gasteiger charge is -2.10. The number of nitrogens with one attached hydrogen (secondary N) is 1. The molecule has 134 valence electrons. The van der Waals surface area contributed by atoms with Gasteiger partial charge in [-0.3, -0.25) is 4.72 Å². The summed E-state index contributed by atoms with van der Waals surface area (Å²) in [6, 6.07) is 15.7. The normalized spacial score (nSPS) is 14.5. The highest BCUT2D eigenvalue weighted by molar-refractivity contribution is 7.92. The Morgan fingerprint density at radius 3 is 2.62 bits per heavy atom. The van der Waals surface area contributed by atoms with E-state index in [1.165, 1.54) is 6.42 Å². The molecule has 0 unspecified atom stereocenters. The monoisotopic (exact) mass is 368 g/mol. The molecule has 1 aliphatic rings. The molecule has 1 aromatic heterocycles. The molecule has 0 saturated heterocycles. The zero-order chi connectivity index (χ0) is 18.0. The average molecular weight is 368 g/mol. The molecular weight excluding hydrogens is 348 g/mol. The first-order valence-corrected chi connectivity index (χ1v) is 10.2. The molecule has 0 spiro atoms. The van der Waals surface area contributed by atoms with E-state index in [0.29, 0.717) is 5.69 Å². The minimum absolute atomic E-state index is 0.238. The van der Waals surface area contributed by atoms with Crippen molar-refractivity contribution in [1.82, 2.24) is 14.8 Å². The van der Waals surface area contributed by atoms with Gasteiger partial charge in [0.2, 0.25) is 0 Å². The van der Waals surface area contributed by atoms with E-state index in [2.05, 4.69) is 19.5 Å². The van der Waals surface area contributed by atoms with E-state index >= 15 is 0 Å². The zero-order valence-corrected chi connectivity index (χ0v) is 15.1. The van der Waals surface area contributed by atoms with E-state index in [4.69, 9.17) is 0 Å². The predicted molar refractivity (Wildman–Crippen MR) is 100 cm³/mol. The summed E-state index contributed by atoms with van der Waals surface area (Å²) < 4.78 is 29.9. The number of aryl methyl sites for hydroxylation is 1. The van der Waals surface area contributed by atoms with Gasteiger partial charge in [0.25, 0.3) is 10.0 Å². The van der Waals surface area contributed by atoms with E-state index in [0.717, 1.165) is 43.0 Å². The number of nitrogens with zero attached hydrogens (tertiary/aromatic N) is 3. The second-order valence-electron chi connectivity index (χ2n) is 6.40. The van der Waals surface area contributed by atoms with Crippen molar-refractivity contribution in [3.8, 4) is 11.4 Å². The summed E-state index contributed by atoms with van der Waals surface area (Å²) in [6.07, 6.45) is 4.38. The average Bonchev–Trinajstić information content (AvgIpc) is 2.91. The highest BCUT2D eigenvalue weighted by atomic mass is 32.2. The van der Waals surface area contributed by atoms with E-state index in [1.807, 2.05) is 18.2 Å². The van der Waals surface area contributed by atoms with Crippen LogP contribution >= 0.6 is 0 Å². The lowest BCUT2D eigenvalue weighted by Crippen LogP contribution is -2.12. The number of sulfonamides is 1. The highest BCUT2D eigenvalue weighted by Crippen LogP contribution is 2.26. The van der Waals surface area contributed by atoms with Gasteiger partial charge < -0.3 is 4.57 Å². The Morgan fingerprint density at radius 2 is 1.77 bits per heavy atom. The van der Waals surface area contributed by atoms with Crippen molar-refractivity contribution in [2.75, 3.05) is 4.72 Å². The summed E-state index contributed by atoms with van der Waals surface area (Å²) in [5.74, 6) is 1.80. The van der Waals surface area contributed by atoms with Gasteiger partial charge in [-0.05, 0) is 37.1 Å². The summed E-state index contributed by atoms with van der Waals surface area (Å²) in [5.41, 5.74) is 1.37. The van der Waals surface area contributed by atoms with Crippen LogP contribution in [0.1, 0.15) is 25.1 Å². The molecule has 0 radical (unpaired) electrons. The summed E-state index contributed by atoms with van der Waals surface area (Å²) in [6.45, 7) is 0.900. The van der Waals surface area contributed by atoms with Gasteiger partial charge in [-0.2, -0.15) is 0 Å². The maximum atomic E-state index is 12.5. The fraction of sp³-hybridized carbons (Fsp3) is 0.263. The van der Waals surface area contributed by atoms with E-state index in [1.54, 1.807) is 36.4 Å². The molecule has 2 aromatic carbocycles. The van der Waals surface area contributed by atoms with Crippen LogP contribution in [0.4, 0.5) is 5.69 Å². The van der Waals surface area contributed by atoms with Crippen LogP contribution in [0.2, 0.25) is 0 Å². The van der Waals surface area contributed by atoms with E-state index in [-0.39, 0.29) is 4.90 Å². The minimum Gasteiger partial charge on any atom is -0.311 e. The van der Waals surface area contributed by atoms with Crippen LogP contribution in [-0.4, -0.2) is 23.2 Å². The zero-order valence-electron chi connectivity index (χ0n) is 14.3. The molecule has 0 atom stereocenters. The van der Waals surface area contributed by atoms with Gasteiger partial charge in [0, 0.05) is 24.2 Å². The number of benzene rings is 2. The van der Waals surface area contributed by atoms with Crippen LogP contribution in [0.3, 0.4) is 0 Å². The molecule has 26 heavy (non-hydrogen) atoms. The van der Waals surface area contributed by atoms with Gasteiger partial charge in [-0.1, -0.05) is 36.8 Å². The molecule has 6 nitrogen and oxygen atoms in total. The maximum absolute atomic E-state index is 12.5. The van der Waals surface area contributed by atoms with E-state index in [9.17, 15) is 8.42 Å². The Bertz CT molecular complexity index is 1010. The molecule has 0 saturated carbocycles. The van der Waals surface area contributed by atoms with Crippen LogP contribution in [-0.2, 0) is 23.0 Å². The second-order valence-corrected chi connectivity index (χ2v) is 8.08. The number of hydrogen-bond acceptors (Lipinski definition) is 4. The summed E-state index contributed by atoms with van der Waals surface area (Å²) in [4.78, 5) is 0.238. The molecule has 0 aliphatic carbocycles. The molecule has 2 heterocycles. The lowest BCUT2D eigenvalue weighted by molar-refractivity contribution is 0.601. The summed E-state index contributed by atoms with van der Waals surface area (Å²) >= 11 is 0.